The van der Waals surface area contributed by atoms with Crippen LogP contribution >= 0.6 is 11.3 Å². The van der Waals surface area contributed by atoms with E-state index in [0.717, 1.165) is 36.1 Å². The van der Waals surface area contributed by atoms with Crippen molar-refractivity contribution in [3.8, 4) is 0 Å². The van der Waals surface area contributed by atoms with E-state index in [1.807, 2.05) is 0 Å². The highest BCUT2D eigenvalue weighted by Crippen LogP contribution is 2.38. The third kappa shape index (κ3) is 4.34. The summed E-state index contributed by atoms with van der Waals surface area (Å²) in [6.07, 6.45) is 5.16. The van der Waals surface area contributed by atoms with Crippen LogP contribution in [-0.2, 0) is 29.4 Å². The average molecular weight is 474 g/mol. The summed E-state index contributed by atoms with van der Waals surface area (Å²) in [5.41, 5.74) is 7.18. The molecule has 3 aromatic rings. The Morgan fingerprint density at radius 1 is 1.16 bits per heavy atom. The predicted molar refractivity (Wildman–Crippen MR) is 121 cm³/mol. The van der Waals surface area contributed by atoms with Crippen molar-refractivity contribution in [2.45, 2.75) is 37.1 Å². The Bertz CT molecular complexity index is 1250. The maximum Gasteiger partial charge on any atom is 0.256 e. The second-order valence-corrected chi connectivity index (χ2v) is 10.7. The first-order chi connectivity index (χ1) is 15.3. The van der Waals surface area contributed by atoms with Gasteiger partial charge >= 0.3 is 0 Å². The van der Waals surface area contributed by atoms with E-state index in [1.165, 1.54) is 53.2 Å². The number of aryl methyl sites for hydroxylation is 1. The van der Waals surface area contributed by atoms with Gasteiger partial charge < -0.3 is 15.5 Å². The summed E-state index contributed by atoms with van der Waals surface area (Å²) in [5.74, 6) is -0.462. The number of carbonyl (C=O) groups excluding carboxylic acids is 2. The minimum Gasteiger partial charge on any atom is -0.468 e. The number of nitrogens with two attached hydrogens (primary N) is 1. The molecule has 0 spiro atoms. The number of primary amides is 1. The number of fused-ring (bicyclic) bond motifs is 1. The van der Waals surface area contributed by atoms with Gasteiger partial charge in [-0.1, -0.05) is 0 Å². The molecule has 10 heteroatoms. The van der Waals surface area contributed by atoms with E-state index in [2.05, 4.69) is 5.32 Å². The Labute approximate surface area is 190 Å². The molecule has 0 radical (unpaired) electrons. The van der Waals surface area contributed by atoms with Crippen LogP contribution in [0.5, 0.6) is 0 Å². The van der Waals surface area contributed by atoms with Crippen LogP contribution in [-0.4, -0.2) is 31.6 Å². The lowest BCUT2D eigenvalue weighted by Gasteiger charge is -2.16. The fourth-order valence-corrected chi connectivity index (χ4v) is 6.18. The molecule has 0 saturated carbocycles. The van der Waals surface area contributed by atoms with E-state index in [1.54, 1.807) is 12.1 Å². The van der Waals surface area contributed by atoms with Crippen LogP contribution < -0.4 is 11.1 Å². The minimum atomic E-state index is -3.75. The SMILES string of the molecule is CN(Cc1ccco1)S(=O)(=O)c1ccc(C(=O)Nc2sc3c(c2C(N)=O)CCCC3)cc1. The summed E-state index contributed by atoms with van der Waals surface area (Å²) in [6.45, 7) is 0.0938. The lowest BCUT2D eigenvalue weighted by molar-refractivity contribution is 0.100. The standard InChI is InChI=1S/C22H23N3O5S2/c1-25(13-15-5-4-12-30-15)32(28,29)16-10-8-14(9-11-16)21(27)24-22-19(20(23)26)17-6-2-3-7-18(17)31-22/h4-5,8-12H,2-3,6-7,13H2,1H3,(H2,23,26)(H,24,27). The molecular weight excluding hydrogens is 450 g/mol. The third-order valence-electron chi connectivity index (χ3n) is 5.43. The molecule has 0 aliphatic heterocycles. The quantitative estimate of drug-likeness (QED) is 0.545. The van der Waals surface area contributed by atoms with Crippen molar-refractivity contribution in [1.29, 1.82) is 0 Å². The molecule has 0 unspecified atom stereocenters. The van der Waals surface area contributed by atoms with Gasteiger partial charge in [-0.2, -0.15) is 4.31 Å². The molecule has 1 aliphatic carbocycles. The number of anilines is 1. The zero-order chi connectivity index (χ0) is 22.9. The van der Waals surface area contributed by atoms with Crippen molar-refractivity contribution in [2.75, 3.05) is 12.4 Å². The summed E-state index contributed by atoms with van der Waals surface area (Å²) in [6, 6.07) is 9.05. The van der Waals surface area contributed by atoms with Gasteiger partial charge in [-0.15, -0.1) is 11.3 Å². The summed E-state index contributed by atoms with van der Waals surface area (Å²) < 4.78 is 32.0. The number of hydrogen-bond donors (Lipinski definition) is 2. The molecule has 32 heavy (non-hydrogen) atoms. The predicted octanol–water partition coefficient (Wildman–Crippen LogP) is 3.39. The summed E-state index contributed by atoms with van der Waals surface area (Å²) in [4.78, 5) is 25.9. The minimum absolute atomic E-state index is 0.0625. The molecule has 0 bridgehead atoms. The summed E-state index contributed by atoms with van der Waals surface area (Å²) >= 11 is 1.38. The number of thiophene rings is 1. The van der Waals surface area contributed by atoms with E-state index in [4.69, 9.17) is 10.2 Å². The van der Waals surface area contributed by atoms with Crippen molar-refractivity contribution in [2.24, 2.45) is 5.73 Å². The van der Waals surface area contributed by atoms with Crippen molar-refractivity contribution < 1.29 is 22.4 Å². The summed E-state index contributed by atoms with van der Waals surface area (Å²) in [5, 5.41) is 3.23. The highest BCUT2D eigenvalue weighted by atomic mass is 32.2. The molecule has 0 saturated heterocycles. The van der Waals surface area contributed by atoms with E-state index < -0.39 is 21.8 Å². The fraction of sp³-hybridized carbons (Fsp3) is 0.273. The van der Waals surface area contributed by atoms with Crippen molar-refractivity contribution in [3.63, 3.8) is 0 Å². The smallest absolute Gasteiger partial charge is 0.256 e. The first kappa shape index (κ1) is 22.3. The molecule has 0 fully saturated rings. The normalized spacial score (nSPS) is 13.7. The molecule has 0 atom stereocenters. The Balaban J connectivity index is 1.52. The number of rotatable bonds is 7. The second kappa shape index (κ2) is 8.89. The Hall–Kier alpha value is -2.95. The van der Waals surface area contributed by atoms with Crippen LogP contribution in [0.2, 0.25) is 0 Å². The molecule has 8 nitrogen and oxygen atoms in total. The first-order valence-corrected chi connectivity index (χ1v) is 12.4. The van der Waals surface area contributed by atoms with Gasteiger partial charge in [-0.25, -0.2) is 8.42 Å². The number of furan rings is 1. The number of sulfonamides is 1. The van der Waals surface area contributed by atoms with Gasteiger partial charge in [0.15, 0.2) is 0 Å². The van der Waals surface area contributed by atoms with Crippen LogP contribution in [0.1, 0.15) is 49.8 Å². The fourth-order valence-electron chi connectivity index (χ4n) is 3.76. The van der Waals surface area contributed by atoms with Crippen molar-refractivity contribution in [1.82, 2.24) is 4.31 Å². The van der Waals surface area contributed by atoms with Crippen LogP contribution in [0.15, 0.2) is 52.0 Å². The van der Waals surface area contributed by atoms with Crippen LogP contribution in [0.3, 0.4) is 0 Å². The third-order valence-corrected chi connectivity index (χ3v) is 8.45. The van der Waals surface area contributed by atoms with E-state index >= 15 is 0 Å². The Morgan fingerprint density at radius 3 is 2.53 bits per heavy atom. The van der Waals surface area contributed by atoms with Crippen molar-refractivity contribution in [3.05, 3.63) is 70.0 Å². The van der Waals surface area contributed by atoms with Crippen LogP contribution in [0.25, 0.3) is 0 Å². The second-order valence-electron chi connectivity index (χ2n) is 7.60. The Morgan fingerprint density at radius 2 is 1.88 bits per heavy atom. The Kier molecular flexibility index (Phi) is 6.18. The van der Waals surface area contributed by atoms with Crippen molar-refractivity contribution >= 4 is 38.2 Å². The van der Waals surface area contributed by atoms with E-state index in [-0.39, 0.29) is 17.0 Å². The highest BCUT2D eigenvalue weighted by molar-refractivity contribution is 7.89. The van der Waals surface area contributed by atoms with Gasteiger partial charge in [0.1, 0.15) is 10.8 Å². The van der Waals surface area contributed by atoms with Crippen LogP contribution in [0.4, 0.5) is 5.00 Å². The van der Waals surface area contributed by atoms with Gasteiger partial charge in [0, 0.05) is 17.5 Å². The van der Waals surface area contributed by atoms with Gasteiger partial charge in [0.05, 0.1) is 23.3 Å². The molecule has 2 amide bonds. The largest absolute Gasteiger partial charge is 0.468 e. The highest BCUT2D eigenvalue weighted by Gasteiger charge is 2.26. The number of nitrogens with one attached hydrogen (secondary N) is 1. The number of amides is 2. The molecule has 168 valence electrons. The summed E-state index contributed by atoms with van der Waals surface area (Å²) in [7, 11) is -2.29. The van der Waals surface area contributed by atoms with Crippen LogP contribution in [0, 0.1) is 0 Å². The monoisotopic (exact) mass is 473 g/mol. The molecule has 2 heterocycles. The molecule has 1 aliphatic rings. The van der Waals surface area contributed by atoms with Gasteiger partial charge in [0.2, 0.25) is 10.0 Å². The zero-order valence-electron chi connectivity index (χ0n) is 17.5. The number of hydrogen-bond acceptors (Lipinski definition) is 6. The maximum atomic E-state index is 12.8. The molecule has 2 aromatic heterocycles. The first-order valence-electron chi connectivity index (χ1n) is 10.1. The number of benzene rings is 1. The van der Waals surface area contributed by atoms with Gasteiger partial charge in [0.25, 0.3) is 11.8 Å². The molecule has 1 aromatic carbocycles. The number of carbonyl (C=O) groups is 2. The van der Waals surface area contributed by atoms with Gasteiger partial charge in [-0.3, -0.25) is 9.59 Å². The lowest BCUT2D eigenvalue weighted by Crippen LogP contribution is -2.26. The van der Waals surface area contributed by atoms with Gasteiger partial charge in [-0.05, 0) is 67.6 Å². The molecule has 4 rings (SSSR count). The van der Waals surface area contributed by atoms with E-state index in [9.17, 15) is 18.0 Å². The maximum absolute atomic E-state index is 12.8. The van der Waals surface area contributed by atoms with E-state index in [0.29, 0.717) is 16.3 Å². The number of nitrogens with zero attached hydrogens (tertiary/aromatic N) is 1. The molecule has 3 N–H and O–H groups in total. The zero-order valence-corrected chi connectivity index (χ0v) is 19.1. The average Bonchev–Trinajstić information content (AvgIpc) is 3.40. The lowest BCUT2D eigenvalue weighted by atomic mass is 9.95. The molecular formula is C22H23N3O5S2. The topological polar surface area (TPSA) is 123 Å².